The van der Waals surface area contributed by atoms with Crippen LogP contribution in [0.3, 0.4) is 0 Å². The average Bonchev–Trinajstić information content (AvgIpc) is 2.81. The van der Waals surface area contributed by atoms with Crippen molar-refractivity contribution >= 4 is 32.6 Å². The first-order chi connectivity index (χ1) is 9.22. The number of piperidine rings is 1. The van der Waals surface area contributed by atoms with Gasteiger partial charge in [-0.05, 0) is 37.6 Å². The van der Waals surface area contributed by atoms with Gasteiger partial charge in [0.25, 0.3) is 0 Å². The molecule has 2 N–H and O–H groups in total. The second kappa shape index (κ2) is 5.22. The summed E-state index contributed by atoms with van der Waals surface area (Å²) in [6.07, 6.45) is 3.03. The molecule has 0 bridgehead atoms. The summed E-state index contributed by atoms with van der Waals surface area (Å²) < 4.78 is 13.8. The summed E-state index contributed by atoms with van der Waals surface area (Å²) in [6, 6.07) is 4.28. The Balaban J connectivity index is 1.75. The van der Waals surface area contributed by atoms with Gasteiger partial charge in [0, 0.05) is 0 Å². The molecule has 4 nitrogen and oxygen atoms in total. The minimum atomic E-state index is -0.289. The van der Waals surface area contributed by atoms with E-state index >= 15 is 0 Å². The monoisotopic (exact) mass is 279 g/mol. The Hall–Kier alpha value is -1.53. The van der Waals surface area contributed by atoms with Crippen molar-refractivity contribution in [3.63, 3.8) is 0 Å². The second-order valence-electron chi connectivity index (χ2n) is 4.62. The molecule has 1 amide bonds. The molecule has 1 saturated heterocycles. The van der Waals surface area contributed by atoms with Crippen molar-refractivity contribution < 1.29 is 9.18 Å². The van der Waals surface area contributed by atoms with Gasteiger partial charge in [-0.1, -0.05) is 17.8 Å². The zero-order chi connectivity index (χ0) is 13.2. The first kappa shape index (κ1) is 12.5. The quantitative estimate of drug-likeness (QED) is 0.888. The number of carbonyl (C=O) groups excluding carboxylic acids is 1. The number of nitrogens with one attached hydrogen (secondary N) is 2. The number of nitrogens with zero attached hydrogens (tertiary/aromatic N) is 1. The minimum absolute atomic E-state index is 0.0563. The fourth-order valence-electron chi connectivity index (χ4n) is 2.22. The molecule has 0 aliphatic carbocycles. The van der Waals surface area contributed by atoms with Crippen LogP contribution in [0.2, 0.25) is 0 Å². The van der Waals surface area contributed by atoms with E-state index in [9.17, 15) is 9.18 Å². The van der Waals surface area contributed by atoms with E-state index in [0.29, 0.717) is 10.6 Å². The van der Waals surface area contributed by atoms with E-state index in [1.54, 1.807) is 6.07 Å². The van der Waals surface area contributed by atoms with Crippen LogP contribution in [-0.4, -0.2) is 23.5 Å². The molecule has 1 fully saturated rings. The highest BCUT2D eigenvalue weighted by Crippen LogP contribution is 2.26. The summed E-state index contributed by atoms with van der Waals surface area (Å²) in [7, 11) is 0. The summed E-state index contributed by atoms with van der Waals surface area (Å²) in [5, 5.41) is 6.52. The van der Waals surface area contributed by atoms with Gasteiger partial charge in [-0.2, -0.15) is 0 Å². The molecule has 1 unspecified atom stereocenters. The van der Waals surface area contributed by atoms with Crippen molar-refractivity contribution in [2.75, 3.05) is 11.9 Å². The topological polar surface area (TPSA) is 54.0 Å². The van der Waals surface area contributed by atoms with E-state index in [1.165, 1.54) is 23.5 Å². The largest absolute Gasteiger partial charge is 0.306 e. The lowest BCUT2D eigenvalue weighted by molar-refractivity contribution is -0.118. The van der Waals surface area contributed by atoms with Gasteiger partial charge in [-0.15, -0.1) is 0 Å². The Morgan fingerprint density at radius 2 is 2.37 bits per heavy atom. The van der Waals surface area contributed by atoms with Crippen LogP contribution in [-0.2, 0) is 4.79 Å². The Morgan fingerprint density at radius 3 is 3.16 bits per heavy atom. The number of benzene rings is 1. The summed E-state index contributed by atoms with van der Waals surface area (Å²) in [5.74, 6) is -0.345. The first-order valence-corrected chi connectivity index (χ1v) is 7.14. The number of fused-ring (bicyclic) bond motifs is 1. The summed E-state index contributed by atoms with van der Waals surface area (Å²) >= 11 is 1.29. The molecule has 1 aromatic carbocycles. The Morgan fingerprint density at radius 1 is 1.47 bits per heavy atom. The highest BCUT2D eigenvalue weighted by molar-refractivity contribution is 7.22. The highest BCUT2D eigenvalue weighted by Gasteiger charge is 2.21. The number of hydrogen-bond acceptors (Lipinski definition) is 4. The number of amides is 1. The summed E-state index contributed by atoms with van der Waals surface area (Å²) in [5.41, 5.74) is 0.707. The van der Waals surface area contributed by atoms with Gasteiger partial charge in [-0.3, -0.25) is 4.79 Å². The maximum absolute atomic E-state index is 13.1. The fraction of sp³-hybridized carbons (Fsp3) is 0.385. The van der Waals surface area contributed by atoms with Crippen molar-refractivity contribution in [3.05, 3.63) is 24.0 Å². The number of thiazole rings is 1. The molecule has 2 heterocycles. The third-order valence-electron chi connectivity index (χ3n) is 3.21. The highest BCUT2D eigenvalue weighted by atomic mass is 32.1. The predicted octanol–water partition coefficient (Wildman–Crippen LogP) is 2.52. The van der Waals surface area contributed by atoms with Crippen molar-refractivity contribution in [3.8, 4) is 0 Å². The lowest BCUT2D eigenvalue weighted by Crippen LogP contribution is -2.43. The number of aromatic nitrogens is 1. The van der Waals surface area contributed by atoms with Crippen molar-refractivity contribution in [1.82, 2.24) is 10.3 Å². The van der Waals surface area contributed by atoms with E-state index in [1.807, 2.05) is 0 Å². The number of halogens is 1. The van der Waals surface area contributed by atoms with E-state index < -0.39 is 0 Å². The molecule has 1 aromatic heterocycles. The molecule has 1 aliphatic heterocycles. The standard InChI is InChI=1S/C13H14FN3OS/c14-8-4-5-9-11(7-8)19-13(16-9)17-12(18)10-3-1-2-6-15-10/h4-5,7,10,15H,1-3,6H2,(H,16,17,18). The van der Waals surface area contributed by atoms with E-state index in [0.717, 1.165) is 30.5 Å². The third-order valence-corrected chi connectivity index (χ3v) is 4.14. The van der Waals surface area contributed by atoms with Crippen LogP contribution in [0, 0.1) is 5.82 Å². The lowest BCUT2D eigenvalue weighted by atomic mass is 10.0. The number of carbonyl (C=O) groups is 1. The fourth-order valence-corrected chi connectivity index (χ4v) is 3.11. The van der Waals surface area contributed by atoms with Crippen molar-refractivity contribution in [2.24, 2.45) is 0 Å². The molecule has 6 heteroatoms. The first-order valence-electron chi connectivity index (χ1n) is 6.33. The SMILES string of the molecule is O=C(Nc1nc2ccc(F)cc2s1)C1CCCCN1. The Bertz CT molecular complexity index is 607. The van der Waals surface area contributed by atoms with Gasteiger partial charge < -0.3 is 10.6 Å². The van der Waals surface area contributed by atoms with Gasteiger partial charge in [0.15, 0.2) is 5.13 Å². The molecular weight excluding hydrogens is 265 g/mol. The third kappa shape index (κ3) is 2.74. The smallest absolute Gasteiger partial charge is 0.243 e. The molecule has 19 heavy (non-hydrogen) atoms. The van der Waals surface area contributed by atoms with Crippen LogP contribution in [0.25, 0.3) is 10.2 Å². The second-order valence-corrected chi connectivity index (χ2v) is 5.65. The van der Waals surface area contributed by atoms with Crippen molar-refractivity contribution in [1.29, 1.82) is 0 Å². The number of hydrogen-bond donors (Lipinski definition) is 2. The zero-order valence-electron chi connectivity index (χ0n) is 10.3. The maximum Gasteiger partial charge on any atom is 0.243 e. The average molecular weight is 279 g/mol. The van der Waals surface area contributed by atoms with Crippen molar-refractivity contribution in [2.45, 2.75) is 25.3 Å². The zero-order valence-corrected chi connectivity index (χ0v) is 11.1. The molecular formula is C13H14FN3OS. The summed E-state index contributed by atoms with van der Waals surface area (Å²) in [4.78, 5) is 16.3. The van der Waals surface area contributed by atoms with Crippen LogP contribution in [0.5, 0.6) is 0 Å². The van der Waals surface area contributed by atoms with Crippen LogP contribution in [0.4, 0.5) is 9.52 Å². The van der Waals surface area contributed by atoms with Gasteiger partial charge >= 0.3 is 0 Å². The molecule has 3 rings (SSSR count). The predicted molar refractivity (Wildman–Crippen MR) is 73.8 cm³/mol. The maximum atomic E-state index is 13.1. The Labute approximate surface area is 114 Å². The molecule has 100 valence electrons. The van der Waals surface area contributed by atoms with Crippen LogP contribution < -0.4 is 10.6 Å². The minimum Gasteiger partial charge on any atom is -0.306 e. The molecule has 1 atom stereocenters. The molecule has 1 aliphatic rings. The van der Waals surface area contributed by atoms with Crippen LogP contribution in [0.15, 0.2) is 18.2 Å². The lowest BCUT2D eigenvalue weighted by Gasteiger charge is -2.21. The molecule has 0 radical (unpaired) electrons. The van der Waals surface area contributed by atoms with E-state index in [-0.39, 0.29) is 17.8 Å². The van der Waals surface area contributed by atoms with Gasteiger partial charge in [0.2, 0.25) is 5.91 Å². The molecule has 0 spiro atoms. The molecule has 0 saturated carbocycles. The Kier molecular flexibility index (Phi) is 3.44. The van der Waals surface area contributed by atoms with E-state index in [2.05, 4.69) is 15.6 Å². The van der Waals surface area contributed by atoms with Gasteiger partial charge in [-0.25, -0.2) is 9.37 Å². The van der Waals surface area contributed by atoms with Gasteiger partial charge in [0.05, 0.1) is 16.3 Å². The normalized spacial score (nSPS) is 19.5. The van der Waals surface area contributed by atoms with Crippen LogP contribution >= 0.6 is 11.3 Å². The summed E-state index contributed by atoms with van der Waals surface area (Å²) in [6.45, 7) is 0.878. The number of anilines is 1. The molecule has 2 aromatic rings. The van der Waals surface area contributed by atoms with E-state index in [4.69, 9.17) is 0 Å². The number of rotatable bonds is 2. The van der Waals surface area contributed by atoms with Gasteiger partial charge in [0.1, 0.15) is 5.82 Å². The van der Waals surface area contributed by atoms with Crippen LogP contribution in [0.1, 0.15) is 19.3 Å².